The largest absolute Gasteiger partial charge is 0.495 e. The summed E-state index contributed by atoms with van der Waals surface area (Å²) in [6, 6.07) is 9.25. The fourth-order valence-corrected chi connectivity index (χ4v) is 3.21. The monoisotopic (exact) mass is 372 g/mol. The molecule has 2 rings (SSSR count). The topological polar surface area (TPSA) is 154 Å². The smallest absolute Gasteiger partial charge is 0.257 e. The fraction of sp³-hybridized carbons (Fsp3) is 0.0769. The molecule has 0 saturated carbocycles. The van der Waals surface area contributed by atoms with Crippen molar-refractivity contribution in [2.75, 3.05) is 18.3 Å². The van der Waals surface area contributed by atoms with Crippen molar-refractivity contribution in [3.8, 4) is 5.75 Å². The molecular weight excluding hydrogens is 356 g/mol. The molecule has 0 aliphatic carbocycles. The molecule has 0 saturated heterocycles. The molecule has 0 atom stereocenters. The number of hydrazine groups is 1. The minimum Gasteiger partial charge on any atom is -0.495 e. The third-order valence-electron chi connectivity index (χ3n) is 3.02. The van der Waals surface area contributed by atoms with Crippen LogP contribution in [0.5, 0.6) is 5.75 Å². The second-order valence-corrected chi connectivity index (χ2v) is 7.95. The summed E-state index contributed by atoms with van der Waals surface area (Å²) in [5, 5.41) is 4.98. The van der Waals surface area contributed by atoms with E-state index in [1.165, 1.54) is 49.6 Å². The number of sulfonamides is 2. The Kier molecular flexibility index (Phi) is 4.99. The third-order valence-corrected chi connectivity index (χ3v) is 5.20. The van der Waals surface area contributed by atoms with Gasteiger partial charge in [0.05, 0.1) is 22.6 Å². The van der Waals surface area contributed by atoms with Crippen LogP contribution in [0.4, 0.5) is 11.4 Å². The zero-order chi connectivity index (χ0) is 18.0. The van der Waals surface area contributed by atoms with Crippen LogP contribution in [0.25, 0.3) is 0 Å². The number of anilines is 2. The first-order valence-electron chi connectivity index (χ1n) is 6.48. The molecule has 0 spiro atoms. The summed E-state index contributed by atoms with van der Waals surface area (Å²) < 4.78 is 51.7. The second kappa shape index (κ2) is 6.65. The molecule has 130 valence electrons. The van der Waals surface area contributed by atoms with Crippen LogP contribution in [0.2, 0.25) is 0 Å². The lowest BCUT2D eigenvalue weighted by molar-refractivity contribution is 0.416. The summed E-state index contributed by atoms with van der Waals surface area (Å²) in [6.45, 7) is 0. The highest BCUT2D eigenvalue weighted by atomic mass is 32.2. The van der Waals surface area contributed by atoms with Crippen LogP contribution in [0, 0.1) is 0 Å². The molecular formula is C13H16N4O5S2. The second-order valence-electron chi connectivity index (χ2n) is 4.70. The average molecular weight is 372 g/mol. The van der Waals surface area contributed by atoms with Gasteiger partial charge in [0.25, 0.3) is 10.0 Å². The van der Waals surface area contributed by atoms with Crippen LogP contribution < -0.4 is 25.9 Å². The summed E-state index contributed by atoms with van der Waals surface area (Å²) in [7, 11) is -6.27. The van der Waals surface area contributed by atoms with Gasteiger partial charge in [-0.2, -0.15) is 0 Å². The quantitative estimate of drug-likeness (QED) is 0.418. The third kappa shape index (κ3) is 4.14. The van der Waals surface area contributed by atoms with Gasteiger partial charge in [0.15, 0.2) is 0 Å². The van der Waals surface area contributed by atoms with Crippen LogP contribution in [0.15, 0.2) is 52.3 Å². The van der Waals surface area contributed by atoms with E-state index in [1.807, 2.05) is 0 Å². The van der Waals surface area contributed by atoms with E-state index in [-0.39, 0.29) is 15.5 Å². The van der Waals surface area contributed by atoms with Gasteiger partial charge in [0, 0.05) is 5.69 Å². The van der Waals surface area contributed by atoms with Crippen LogP contribution in [0.3, 0.4) is 0 Å². The maximum Gasteiger partial charge on any atom is 0.257 e. The van der Waals surface area contributed by atoms with Gasteiger partial charge in [-0.05, 0) is 42.5 Å². The number of methoxy groups -OCH3 is 1. The van der Waals surface area contributed by atoms with Crippen molar-refractivity contribution in [3.05, 3.63) is 42.5 Å². The Balaban J connectivity index is 2.14. The van der Waals surface area contributed by atoms with Crippen LogP contribution >= 0.6 is 0 Å². The first kappa shape index (κ1) is 18.0. The van der Waals surface area contributed by atoms with E-state index in [9.17, 15) is 16.8 Å². The SMILES string of the molecule is COc1ccc(S(=O)(=O)NNc2ccc(S(N)(=O)=O)cc2)cc1N. The highest BCUT2D eigenvalue weighted by Gasteiger charge is 2.15. The average Bonchev–Trinajstić information content (AvgIpc) is 2.52. The number of hydrogen-bond donors (Lipinski definition) is 4. The Hall–Kier alpha value is -2.34. The van der Waals surface area contributed by atoms with Gasteiger partial charge in [0.2, 0.25) is 10.0 Å². The number of hydrogen-bond acceptors (Lipinski definition) is 7. The Morgan fingerprint density at radius 1 is 0.958 bits per heavy atom. The van der Waals surface area contributed by atoms with Crippen molar-refractivity contribution in [2.24, 2.45) is 5.14 Å². The number of benzene rings is 2. The fourth-order valence-electron chi connectivity index (χ4n) is 1.79. The predicted octanol–water partition coefficient (Wildman–Crippen LogP) is 0.230. The maximum atomic E-state index is 12.2. The molecule has 6 N–H and O–H groups in total. The Morgan fingerprint density at radius 3 is 2.04 bits per heavy atom. The number of primary sulfonamides is 1. The number of ether oxygens (including phenoxy) is 1. The van der Waals surface area contributed by atoms with Crippen LogP contribution in [-0.2, 0) is 20.0 Å². The zero-order valence-electron chi connectivity index (χ0n) is 12.6. The predicted molar refractivity (Wildman–Crippen MR) is 89.2 cm³/mol. The van der Waals surface area contributed by atoms with Crippen molar-refractivity contribution in [2.45, 2.75) is 9.79 Å². The summed E-state index contributed by atoms with van der Waals surface area (Å²) in [4.78, 5) is 2.01. The van der Waals surface area contributed by atoms with E-state index < -0.39 is 20.0 Å². The standard InChI is InChI=1S/C13H16N4O5S2/c1-22-13-7-6-11(8-12(13)14)24(20,21)17-16-9-2-4-10(5-3-9)23(15,18)19/h2-8,16-17H,14H2,1H3,(H2,15,18,19). The number of nitrogens with one attached hydrogen (secondary N) is 2. The van der Waals surface area contributed by atoms with Gasteiger partial charge < -0.3 is 15.9 Å². The molecule has 11 heteroatoms. The van der Waals surface area contributed by atoms with E-state index in [1.54, 1.807) is 0 Å². The van der Waals surface area contributed by atoms with Gasteiger partial charge in [0.1, 0.15) is 5.75 Å². The van der Waals surface area contributed by atoms with E-state index in [2.05, 4.69) is 10.3 Å². The van der Waals surface area contributed by atoms with Crippen molar-refractivity contribution < 1.29 is 21.6 Å². The maximum absolute atomic E-state index is 12.2. The lowest BCUT2D eigenvalue weighted by Gasteiger charge is -2.11. The Labute approximate surface area is 139 Å². The first-order chi connectivity index (χ1) is 11.1. The van der Waals surface area contributed by atoms with Gasteiger partial charge in [-0.15, -0.1) is 4.83 Å². The highest BCUT2D eigenvalue weighted by Crippen LogP contribution is 2.24. The molecule has 9 nitrogen and oxygen atoms in total. The number of rotatable bonds is 6. The molecule has 0 aromatic heterocycles. The minimum absolute atomic E-state index is 0.0607. The molecule has 0 radical (unpaired) electrons. The first-order valence-corrected chi connectivity index (χ1v) is 9.50. The zero-order valence-corrected chi connectivity index (χ0v) is 14.2. The Morgan fingerprint density at radius 2 is 1.54 bits per heavy atom. The summed E-state index contributed by atoms with van der Waals surface area (Å²) in [5.41, 5.74) is 8.66. The summed E-state index contributed by atoms with van der Waals surface area (Å²) in [6.07, 6.45) is 0. The van der Waals surface area contributed by atoms with E-state index >= 15 is 0 Å². The van der Waals surface area contributed by atoms with Crippen molar-refractivity contribution in [3.63, 3.8) is 0 Å². The van der Waals surface area contributed by atoms with Crippen LogP contribution in [-0.4, -0.2) is 23.9 Å². The molecule has 0 aliphatic rings. The normalized spacial score (nSPS) is 11.9. The highest BCUT2D eigenvalue weighted by molar-refractivity contribution is 7.89. The lowest BCUT2D eigenvalue weighted by Crippen LogP contribution is -2.29. The number of nitrogen functional groups attached to an aromatic ring is 1. The molecule has 2 aromatic rings. The molecule has 0 heterocycles. The van der Waals surface area contributed by atoms with Crippen molar-refractivity contribution in [1.82, 2.24) is 4.83 Å². The van der Waals surface area contributed by atoms with Crippen molar-refractivity contribution >= 4 is 31.4 Å². The molecule has 0 bridgehead atoms. The molecule has 0 fully saturated rings. The molecule has 2 aromatic carbocycles. The Bertz CT molecular complexity index is 941. The van der Waals surface area contributed by atoms with Gasteiger partial charge in [-0.3, -0.25) is 0 Å². The van der Waals surface area contributed by atoms with E-state index in [4.69, 9.17) is 15.6 Å². The number of nitrogens with two attached hydrogens (primary N) is 2. The summed E-state index contributed by atoms with van der Waals surface area (Å²) in [5.74, 6) is 0.362. The molecule has 24 heavy (non-hydrogen) atoms. The molecule has 0 aliphatic heterocycles. The van der Waals surface area contributed by atoms with E-state index in [0.717, 1.165) is 0 Å². The van der Waals surface area contributed by atoms with Gasteiger partial charge in [-0.25, -0.2) is 22.0 Å². The van der Waals surface area contributed by atoms with Gasteiger partial charge >= 0.3 is 0 Å². The van der Waals surface area contributed by atoms with Gasteiger partial charge in [-0.1, -0.05) is 0 Å². The molecule has 0 amide bonds. The summed E-state index contributed by atoms with van der Waals surface area (Å²) >= 11 is 0. The van der Waals surface area contributed by atoms with Crippen LogP contribution in [0.1, 0.15) is 0 Å². The van der Waals surface area contributed by atoms with Crippen molar-refractivity contribution in [1.29, 1.82) is 0 Å². The molecule has 0 unspecified atom stereocenters. The van der Waals surface area contributed by atoms with E-state index in [0.29, 0.717) is 11.4 Å². The lowest BCUT2D eigenvalue weighted by atomic mass is 10.3. The minimum atomic E-state index is -3.88.